The van der Waals surface area contributed by atoms with Crippen LogP contribution in [0.3, 0.4) is 0 Å². The van der Waals surface area contributed by atoms with Gasteiger partial charge >= 0.3 is 18.0 Å². The van der Waals surface area contributed by atoms with Gasteiger partial charge in [-0.05, 0) is 40.6 Å². The second-order valence-electron chi connectivity index (χ2n) is 8.88. The number of carboxylic acids is 1. The summed E-state index contributed by atoms with van der Waals surface area (Å²) >= 11 is 0. The average Bonchev–Trinajstić information content (AvgIpc) is 2.97. The number of nitrogens with one attached hydrogen (secondary N) is 3. The highest BCUT2D eigenvalue weighted by molar-refractivity contribution is 5.99. The van der Waals surface area contributed by atoms with Crippen LogP contribution in [-0.4, -0.2) is 45.2 Å². The maximum atomic E-state index is 12.8. The molecule has 0 aliphatic carbocycles. The van der Waals surface area contributed by atoms with Gasteiger partial charge in [0.1, 0.15) is 17.5 Å². The van der Waals surface area contributed by atoms with Crippen LogP contribution in [0.1, 0.15) is 5.56 Å². The summed E-state index contributed by atoms with van der Waals surface area (Å²) in [5, 5.41) is 19.9. The van der Waals surface area contributed by atoms with Crippen LogP contribution in [-0.2, 0) is 11.2 Å². The van der Waals surface area contributed by atoms with Crippen molar-refractivity contribution in [3.8, 4) is 17.5 Å². The molecule has 0 spiro atoms. The third-order valence-electron chi connectivity index (χ3n) is 6.01. The number of carbonyl (C=O) groups excluding carboxylic acids is 1. The molecule has 0 aliphatic rings. The van der Waals surface area contributed by atoms with Gasteiger partial charge in [0, 0.05) is 6.42 Å². The Morgan fingerprint density at radius 2 is 1.51 bits per heavy atom. The zero-order valence-electron chi connectivity index (χ0n) is 21.9. The first-order chi connectivity index (χ1) is 20.0. The van der Waals surface area contributed by atoms with E-state index in [4.69, 9.17) is 9.47 Å². The van der Waals surface area contributed by atoms with Crippen LogP contribution in [0.15, 0.2) is 97.1 Å². The number of ether oxygens (including phenoxy) is 2. The van der Waals surface area contributed by atoms with E-state index in [1.54, 1.807) is 30.3 Å². The summed E-state index contributed by atoms with van der Waals surface area (Å²) in [5.41, 5.74) is 1.24. The zero-order valence-corrected chi connectivity index (χ0v) is 21.9. The van der Waals surface area contributed by atoms with Gasteiger partial charge in [0.25, 0.3) is 0 Å². The average molecular weight is 551 g/mol. The maximum absolute atomic E-state index is 12.8. The molecule has 1 atom stereocenters. The highest BCUT2D eigenvalue weighted by Crippen LogP contribution is 2.26. The third-order valence-corrected chi connectivity index (χ3v) is 6.01. The molecular formula is C30H26N6O5. The molecule has 5 aromatic rings. The number of carbonyl (C=O) groups is 2. The zero-order chi connectivity index (χ0) is 28.6. The number of hydrogen-bond donors (Lipinski definition) is 4. The predicted octanol–water partition coefficient (Wildman–Crippen LogP) is 5.58. The molecule has 0 aliphatic heterocycles. The van der Waals surface area contributed by atoms with Crippen LogP contribution < -0.4 is 25.4 Å². The van der Waals surface area contributed by atoms with Crippen molar-refractivity contribution < 1.29 is 24.2 Å². The fourth-order valence-corrected chi connectivity index (χ4v) is 4.07. The molecule has 0 saturated carbocycles. The van der Waals surface area contributed by atoms with E-state index in [-0.39, 0.29) is 24.3 Å². The molecule has 1 aromatic heterocycles. The number of para-hydroxylation sites is 2. The molecule has 0 fully saturated rings. The van der Waals surface area contributed by atoms with Crippen molar-refractivity contribution in [1.29, 1.82) is 0 Å². The topological polar surface area (TPSA) is 148 Å². The van der Waals surface area contributed by atoms with Crippen LogP contribution >= 0.6 is 0 Å². The maximum Gasteiger partial charge on any atom is 0.328 e. The smallest absolute Gasteiger partial charge is 0.328 e. The van der Waals surface area contributed by atoms with Gasteiger partial charge in [0.2, 0.25) is 11.9 Å². The molecule has 11 heteroatoms. The largest absolute Gasteiger partial charge is 0.495 e. The third kappa shape index (κ3) is 7.03. The first kappa shape index (κ1) is 26.9. The van der Waals surface area contributed by atoms with E-state index in [9.17, 15) is 14.7 Å². The highest BCUT2D eigenvalue weighted by Gasteiger charge is 2.21. The molecule has 206 valence electrons. The van der Waals surface area contributed by atoms with Crippen molar-refractivity contribution in [2.24, 2.45) is 0 Å². The SMILES string of the molecule is COc1ccccc1NC(=O)Nc1nc(N[C@@H](Cc2ccccc2)C(=O)O)nc(Oc2ccc3ccccc3c2)n1. The molecule has 4 N–H and O–H groups in total. The summed E-state index contributed by atoms with van der Waals surface area (Å²) < 4.78 is 11.2. The highest BCUT2D eigenvalue weighted by atomic mass is 16.5. The summed E-state index contributed by atoms with van der Waals surface area (Å²) in [6, 6.07) is 27.5. The fourth-order valence-electron chi connectivity index (χ4n) is 4.07. The van der Waals surface area contributed by atoms with Crippen molar-refractivity contribution in [3.05, 3.63) is 103 Å². The number of fused-ring (bicyclic) bond motifs is 1. The van der Waals surface area contributed by atoms with E-state index in [1.807, 2.05) is 66.7 Å². The molecule has 0 radical (unpaired) electrons. The second-order valence-corrected chi connectivity index (χ2v) is 8.88. The predicted molar refractivity (Wildman–Crippen MR) is 155 cm³/mol. The molecule has 0 bridgehead atoms. The van der Waals surface area contributed by atoms with E-state index >= 15 is 0 Å². The molecule has 1 heterocycles. The standard InChI is InChI=1S/C30H26N6O5/c1-40-25-14-8-7-13-23(25)32-29(39)34-28-33-27(31-24(26(37)38)17-19-9-3-2-4-10-19)35-30(36-28)41-22-16-15-20-11-5-6-12-21(20)18-22/h2-16,18,24H,17H2,1H3,(H,37,38)(H3,31,32,33,34,35,36,39)/t24-/m0/s1. The van der Waals surface area contributed by atoms with E-state index in [1.165, 1.54) is 7.11 Å². The molecule has 0 unspecified atom stereocenters. The molecule has 0 saturated heterocycles. The lowest BCUT2D eigenvalue weighted by Gasteiger charge is -2.16. The van der Waals surface area contributed by atoms with Crippen LogP contribution in [0.4, 0.5) is 22.4 Å². The van der Waals surface area contributed by atoms with Gasteiger partial charge in [-0.1, -0.05) is 72.8 Å². The summed E-state index contributed by atoms with van der Waals surface area (Å²) in [6.45, 7) is 0. The normalized spacial score (nSPS) is 11.3. The number of urea groups is 1. The van der Waals surface area contributed by atoms with E-state index in [0.29, 0.717) is 17.2 Å². The molecule has 11 nitrogen and oxygen atoms in total. The van der Waals surface area contributed by atoms with Gasteiger partial charge in [-0.25, -0.2) is 9.59 Å². The lowest BCUT2D eigenvalue weighted by molar-refractivity contribution is -0.137. The Balaban J connectivity index is 1.42. The van der Waals surface area contributed by atoms with E-state index < -0.39 is 18.0 Å². The Hall–Kier alpha value is -5.71. The van der Waals surface area contributed by atoms with Crippen LogP contribution in [0.5, 0.6) is 17.5 Å². The minimum atomic E-state index is -1.10. The van der Waals surface area contributed by atoms with Crippen LogP contribution in [0.25, 0.3) is 10.8 Å². The van der Waals surface area contributed by atoms with Gasteiger partial charge < -0.3 is 25.2 Å². The fraction of sp³-hybridized carbons (Fsp3) is 0.100. The molecule has 2 amide bonds. The minimum absolute atomic E-state index is 0.0910. The Morgan fingerprint density at radius 3 is 2.29 bits per heavy atom. The van der Waals surface area contributed by atoms with Crippen molar-refractivity contribution in [2.75, 3.05) is 23.1 Å². The first-order valence-corrected chi connectivity index (χ1v) is 12.6. The van der Waals surface area contributed by atoms with Crippen LogP contribution in [0.2, 0.25) is 0 Å². The first-order valence-electron chi connectivity index (χ1n) is 12.6. The number of hydrogen-bond acceptors (Lipinski definition) is 8. The number of rotatable bonds is 10. The Bertz CT molecular complexity index is 1680. The van der Waals surface area contributed by atoms with Gasteiger partial charge in [-0.3, -0.25) is 5.32 Å². The monoisotopic (exact) mass is 550 g/mol. The molecule has 4 aromatic carbocycles. The lowest BCUT2D eigenvalue weighted by Crippen LogP contribution is -2.32. The number of nitrogens with zero attached hydrogens (tertiary/aromatic N) is 3. The van der Waals surface area contributed by atoms with Crippen molar-refractivity contribution in [3.63, 3.8) is 0 Å². The van der Waals surface area contributed by atoms with Crippen molar-refractivity contribution >= 4 is 40.4 Å². The van der Waals surface area contributed by atoms with Crippen molar-refractivity contribution in [2.45, 2.75) is 12.5 Å². The van der Waals surface area contributed by atoms with E-state index in [2.05, 4.69) is 30.9 Å². The lowest BCUT2D eigenvalue weighted by atomic mass is 10.1. The van der Waals surface area contributed by atoms with Gasteiger partial charge in [0.05, 0.1) is 12.8 Å². The number of aromatic nitrogens is 3. The molecule has 41 heavy (non-hydrogen) atoms. The molecule has 5 rings (SSSR count). The van der Waals surface area contributed by atoms with Crippen LogP contribution in [0, 0.1) is 0 Å². The summed E-state index contributed by atoms with van der Waals surface area (Å²) in [6.07, 6.45) is 0.166. The summed E-state index contributed by atoms with van der Waals surface area (Å²) in [4.78, 5) is 37.6. The number of benzene rings is 4. The number of carboxylic acid groups (broad SMARTS) is 1. The number of aliphatic carboxylic acids is 1. The van der Waals surface area contributed by atoms with Gasteiger partial charge in [-0.15, -0.1) is 0 Å². The number of methoxy groups -OCH3 is 1. The Kier molecular flexibility index (Phi) is 8.15. The quantitative estimate of drug-likeness (QED) is 0.175. The van der Waals surface area contributed by atoms with Crippen molar-refractivity contribution in [1.82, 2.24) is 15.0 Å². The number of anilines is 3. The Labute approximate surface area is 235 Å². The van der Waals surface area contributed by atoms with Gasteiger partial charge in [-0.2, -0.15) is 15.0 Å². The second kappa shape index (κ2) is 12.4. The number of amides is 2. The van der Waals surface area contributed by atoms with E-state index in [0.717, 1.165) is 16.3 Å². The summed E-state index contributed by atoms with van der Waals surface area (Å²) in [5.74, 6) is -0.438. The minimum Gasteiger partial charge on any atom is -0.495 e. The van der Waals surface area contributed by atoms with Gasteiger partial charge in [0.15, 0.2) is 0 Å². The Morgan fingerprint density at radius 1 is 0.805 bits per heavy atom. The summed E-state index contributed by atoms with van der Waals surface area (Å²) in [7, 11) is 1.49. The molecular weight excluding hydrogens is 524 g/mol.